The van der Waals surface area contributed by atoms with E-state index in [1.807, 2.05) is 30.3 Å². The summed E-state index contributed by atoms with van der Waals surface area (Å²) in [6, 6.07) is 17.8. The molecule has 0 saturated carbocycles. The van der Waals surface area contributed by atoms with Crippen LogP contribution in [0.15, 0.2) is 59.1 Å². The molecule has 0 aliphatic heterocycles. The first kappa shape index (κ1) is 17.6. The highest BCUT2D eigenvalue weighted by atomic mass is 35.5. The predicted octanol–water partition coefficient (Wildman–Crippen LogP) is 3.39. The van der Waals surface area contributed by atoms with Gasteiger partial charge in [-0.25, -0.2) is 0 Å². The van der Waals surface area contributed by atoms with Gasteiger partial charge in [0.1, 0.15) is 0 Å². The molecule has 1 aromatic heterocycles. The summed E-state index contributed by atoms with van der Waals surface area (Å²) in [5.74, 6) is 1.16. The number of hydrogen-bond acceptors (Lipinski definition) is 5. The summed E-state index contributed by atoms with van der Waals surface area (Å²) in [5, 5.41) is 4.74. The van der Waals surface area contributed by atoms with Gasteiger partial charge in [-0.2, -0.15) is 4.98 Å². The van der Waals surface area contributed by atoms with Crippen molar-refractivity contribution in [3.63, 3.8) is 0 Å². The lowest BCUT2D eigenvalue weighted by Gasteiger charge is -2.19. The first-order valence-corrected chi connectivity index (χ1v) is 8.67. The topological polar surface area (TPSA) is 68.2 Å². The fraction of sp³-hybridized carbons (Fsp3) is 0.263. The highest BCUT2D eigenvalue weighted by molar-refractivity contribution is 6.30. The van der Waals surface area contributed by atoms with Crippen LogP contribution in [-0.2, 0) is 13.0 Å². The van der Waals surface area contributed by atoms with Gasteiger partial charge < -0.3 is 10.3 Å². The molecule has 5 nitrogen and oxygen atoms in total. The van der Waals surface area contributed by atoms with Crippen molar-refractivity contribution in [2.75, 3.05) is 19.6 Å². The number of nitrogens with two attached hydrogens (primary N) is 1. The van der Waals surface area contributed by atoms with Crippen molar-refractivity contribution in [2.24, 2.45) is 5.73 Å². The van der Waals surface area contributed by atoms with Gasteiger partial charge in [0.15, 0.2) is 0 Å². The predicted molar refractivity (Wildman–Crippen MR) is 99.2 cm³/mol. The molecule has 0 aliphatic rings. The third kappa shape index (κ3) is 5.13. The zero-order valence-electron chi connectivity index (χ0n) is 13.9. The van der Waals surface area contributed by atoms with E-state index in [-0.39, 0.29) is 0 Å². The Bertz CT molecular complexity index is 774. The first-order chi connectivity index (χ1) is 12.2. The molecule has 0 fully saturated rings. The minimum atomic E-state index is 0.572. The molecule has 2 N–H and O–H groups in total. The molecule has 25 heavy (non-hydrogen) atoms. The van der Waals surface area contributed by atoms with E-state index in [1.165, 1.54) is 5.56 Å². The highest BCUT2D eigenvalue weighted by Gasteiger charge is 2.13. The molecular weight excluding hydrogens is 336 g/mol. The van der Waals surface area contributed by atoms with Crippen LogP contribution >= 0.6 is 11.6 Å². The van der Waals surface area contributed by atoms with Gasteiger partial charge in [0.2, 0.25) is 11.7 Å². The summed E-state index contributed by atoms with van der Waals surface area (Å²) in [5.41, 5.74) is 7.93. The number of hydrogen-bond donors (Lipinski definition) is 1. The van der Waals surface area contributed by atoms with Gasteiger partial charge in [-0.15, -0.1) is 0 Å². The molecule has 3 aromatic rings. The smallest absolute Gasteiger partial charge is 0.241 e. The number of benzene rings is 2. The Morgan fingerprint density at radius 1 is 1.00 bits per heavy atom. The molecule has 2 aromatic carbocycles. The van der Waals surface area contributed by atoms with Crippen LogP contribution in [-0.4, -0.2) is 34.7 Å². The minimum Gasteiger partial charge on any atom is -0.338 e. The van der Waals surface area contributed by atoms with Crippen molar-refractivity contribution in [3.05, 3.63) is 71.1 Å². The third-order valence-corrected chi connectivity index (χ3v) is 4.19. The fourth-order valence-electron chi connectivity index (χ4n) is 2.61. The summed E-state index contributed by atoms with van der Waals surface area (Å²) >= 11 is 5.91. The van der Waals surface area contributed by atoms with E-state index in [4.69, 9.17) is 21.9 Å². The van der Waals surface area contributed by atoms with Crippen LogP contribution in [0.5, 0.6) is 0 Å². The van der Waals surface area contributed by atoms with Crippen molar-refractivity contribution in [1.29, 1.82) is 0 Å². The molecule has 130 valence electrons. The van der Waals surface area contributed by atoms with Crippen LogP contribution in [0.4, 0.5) is 0 Å². The molecule has 0 unspecified atom stereocenters. The van der Waals surface area contributed by atoms with E-state index >= 15 is 0 Å². The Morgan fingerprint density at radius 2 is 1.76 bits per heavy atom. The maximum atomic E-state index is 5.91. The maximum absolute atomic E-state index is 5.91. The summed E-state index contributed by atoms with van der Waals surface area (Å²) in [7, 11) is 0. The van der Waals surface area contributed by atoms with Gasteiger partial charge in [-0.05, 0) is 36.2 Å². The number of halogens is 1. The Morgan fingerprint density at radius 3 is 2.48 bits per heavy atom. The molecule has 3 rings (SSSR count). The Hall–Kier alpha value is -2.21. The zero-order valence-corrected chi connectivity index (χ0v) is 14.7. The van der Waals surface area contributed by atoms with Gasteiger partial charge in [0.25, 0.3) is 0 Å². The van der Waals surface area contributed by atoms with E-state index in [0.717, 1.165) is 25.1 Å². The molecule has 0 spiro atoms. The molecule has 0 atom stereocenters. The second-order valence-corrected chi connectivity index (χ2v) is 6.26. The Kier molecular flexibility index (Phi) is 6.17. The lowest BCUT2D eigenvalue weighted by atomic mass is 10.1. The molecule has 0 amide bonds. The average Bonchev–Trinajstić information content (AvgIpc) is 3.10. The molecule has 0 saturated heterocycles. The molecule has 1 heterocycles. The van der Waals surface area contributed by atoms with Crippen LogP contribution in [0.1, 0.15) is 11.5 Å². The van der Waals surface area contributed by atoms with Gasteiger partial charge in [0, 0.05) is 30.2 Å². The van der Waals surface area contributed by atoms with Crippen molar-refractivity contribution in [2.45, 2.75) is 13.0 Å². The van der Waals surface area contributed by atoms with Crippen LogP contribution < -0.4 is 5.73 Å². The molecule has 0 bridgehead atoms. The van der Waals surface area contributed by atoms with Crippen LogP contribution in [0.3, 0.4) is 0 Å². The van der Waals surface area contributed by atoms with Crippen molar-refractivity contribution >= 4 is 11.6 Å². The first-order valence-electron chi connectivity index (χ1n) is 8.29. The van der Waals surface area contributed by atoms with Crippen LogP contribution in [0.25, 0.3) is 11.4 Å². The van der Waals surface area contributed by atoms with Crippen molar-refractivity contribution < 1.29 is 4.52 Å². The Balaban J connectivity index is 1.63. The van der Waals surface area contributed by atoms with Gasteiger partial charge in [-0.1, -0.05) is 47.1 Å². The summed E-state index contributed by atoms with van der Waals surface area (Å²) in [4.78, 5) is 6.71. The number of aromatic nitrogens is 2. The van der Waals surface area contributed by atoms with Gasteiger partial charge in [-0.3, -0.25) is 4.90 Å². The van der Waals surface area contributed by atoms with Gasteiger partial charge in [0.05, 0.1) is 6.54 Å². The largest absolute Gasteiger partial charge is 0.338 e. The number of rotatable bonds is 8. The molecular formula is C19H21ClN4O. The maximum Gasteiger partial charge on any atom is 0.241 e. The quantitative estimate of drug-likeness (QED) is 0.670. The lowest BCUT2D eigenvalue weighted by molar-refractivity contribution is 0.234. The summed E-state index contributed by atoms with van der Waals surface area (Å²) < 4.78 is 5.40. The van der Waals surface area contributed by atoms with Crippen LogP contribution in [0.2, 0.25) is 5.02 Å². The normalized spacial score (nSPS) is 11.2. The van der Waals surface area contributed by atoms with Crippen LogP contribution in [0, 0.1) is 0 Å². The standard InChI is InChI=1S/C19H21ClN4O/c20-17-8-6-16(7-9-17)19-22-18(25-23-19)14-24(13-11-21)12-10-15-4-2-1-3-5-15/h1-9H,10-14,21H2. The Labute approximate surface area is 152 Å². The number of nitrogens with zero attached hydrogens (tertiary/aromatic N) is 3. The second-order valence-electron chi connectivity index (χ2n) is 5.82. The highest BCUT2D eigenvalue weighted by Crippen LogP contribution is 2.19. The lowest BCUT2D eigenvalue weighted by Crippen LogP contribution is -2.31. The van der Waals surface area contributed by atoms with Gasteiger partial charge >= 0.3 is 0 Å². The van der Waals surface area contributed by atoms with E-state index in [0.29, 0.717) is 29.8 Å². The second kappa shape index (κ2) is 8.76. The average molecular weight is 357 g/mol. The van der Waals surface area contributed by atoms with E-state index in [9.17, 15) is 0 Å². The molecule has 0 aliphatic carbocycles. The minimum absolute atomic E-state index is 0.572. The zero-order chi connectivity index (χ0) is 17.5. The SMILES string of the molecule is NCCN(CCc1ccccc1)Cc1nc(-c2ccc(Cl)cc2)no1. The fourth-order valence-corrected chi connectivity index (χ4v) is 2.74. The monoisotopic (exact) mass is 356 g/mol. The summed E-state index contributed by atoms with van der Waals surface area (Å²) in [6.07, 6.45) is 0.957. The van der Waals surface area contributed by atoms with Crippen molar-refractivity contribution in [3.8, 4) is 11.4 Å². The third-order valence-electron chi connectivity index (χ3n) is 3.93. The van der Waals surface area contributed by atoms with Crippen molar-refractivity contribution in [1.82, 2.24) is 15.0 Å². The van der Waals surface area contributed by atoms with E-state index in [1.54, 1.807) is 0 Å². The molecule has 0 radical (unpaired) electrons. The summed E-state index contributed by atoms with van der Waals surface area (Å²) in [6.45, 7) is 2.85. The molecule has 6 heteroatoms. The van der Waals surface area contributed by atoms with E-state index in [2.05, 4.69) is 39.3 Å². The van der Waals surface area contributed by atoms with E-state index < -0.39 is 0 Å².